The first-order valence-electron chi connectivity index (χ1n) is 8.29. The molecule has 128 valence electrons. The van der Waals surface area contributed by atoms with Crippen LogP contribution in [0.2, 0.25) is 0 Å². The van der Waals surface area contributed by atoms with Crippen molar-refractivity contribution < 1.29 is 4.79 Å². The van der Waals surface area contributed by atoms with Crippen LogP contribution in [0.5, 0.6) is 0 Å². The first kappa shape index (κ1) is 16.9. The van der Waals surface area contributed by atoms with Crippen molar-refractivity contribution in [3.63, 3.8) is 0 Å². The summed E-state index contributed by atoms with van der Waals surface area (Å²) < 4.78 is 1.63. The Morgan fingerprint density at radius 3 is 2.64 bits per heavy atom. The number of amides is 1. The van der Waals surface area contributed by atoms with Crippen LogP contribution in [0.25, 0.3) is 11.0 Å². The van der Waals surface area contributed by atoms with Crippen molar-refractivity contribution in [1.82, 2.24) is 9.55 Å². The van der Waals surface area contributed by atoms with Crippen LogP contribution in [0.4, 0.5) is 5.69 Å². The van der Waals surface area contributed by atoms with Gasteiger partial charge in [0, 0.05) is 18.7 Å². The largest absolute Gasteiger partial charge is 0.326 e. The molecule has 0 fully saturated rings. The summed E-state index contributed by atoms with van der Waals surface area (Å²) in [5, 5.41) is 2.93. The number of aryl methyl sites for hydroxylation is 3. The molecule has 0 bridgehead atoms. The summed E-state index contributed by atoms with van der Waals surface area (Å²) in [5.74, 6) is -0.112. The zero-order chi connectivity index (χ0) is 18.0. The Morgan fingerprint density at radius 2 is 1.84 bits per heavy atom. The summed E-state index contributed by atoms with van der Waals surface area (Å²) in [7, 11) is 0. The third-order valence-corrected chi connectivity index (χ3v) is 4.46. The number of carbonyl (C=O) groups is 1. The summed E-state index contributed by atoms with van der Waals surface area (Å²) in [4.78, 5) is 29.1. The quantitative estimate of drug-likeness (QED) is 0.795. The van der Waals surface area contributed by atoms with Crippen molar-refractivity contribution in [2.75, 3.05) is 5.32 Å². The molecule has 0 saturated heterocycles. The molecule has 25 heavy (non-hydrogen) atoms. The smallest absolute Gasteiger partial charge is 0.272 e. The van der Waals surface area contributed by atoms with E-state index < -0.39 is 0 Å². The average molecular weight is 335 g/mol. The van der Waals surface area contributed by atoms with Crippen molar-refractivity contribution in [2.45, 2.75) is 33.7 Å². The predicted octanol–water partition coefficient (Wildman–Crippen LogP) is 3.35. The second kappa shape index (κ2) is 6.89. The van der Waals surface area contributed by atoms with Gasteiger partial charge in [0.1, 0.15) is 5.69 Å². The summed E-state index contributed by atoms with van der Waals surface area (Å²) in [6.45, 7) is 6.01. The molecule has 0 atom stereocenters. The van der Waals surface area contributed by atoms with Crippen molar-refractivity contribution >= 4 is 22.6 Å². The molecule has 0 unspecified atom stereocenters. The van der Waals surface area contributed by atoms with E-state index in [0.717, 1.165) is 27.8 Å². The van der Waals surface area contributed by atoms with E-state index in [1.165, 1.54) is 0 Å². The number of nitrogens with one attached hydrogen (secondary N) is 1. The van der Waals surface area contributed by atoms with Gasteiger partial charge in [0.05, 0.1) is 11.0 Å². The van der Waals surface area contributed by atoms with E-state index >= 15 is 0 Å². The van der Waals surface area contributed by atoms with Gasteiger partial charge in [-0.15, -0.1) is 0 Å². The number of carbonyl (C=O) groups excluding carboxylic acids is 1. The highest BCUT2D eigenvalue weighted by Crippen LogP contribution is 2.18. The number of hydrogen-bond donors (Lipinski definition) is 1. The number of anilines is 1. The van der Waals surface area contributed by atoms with Gasteiger partial charge in [-0.2, -0.15) is 0 Å². The zero-order valence-electron chi connectivity index (χ0n) is 14.7. The highest BCUT2D eigenvalue weighted by atomic mass is 16.2. The van der Waals surface area contributed by atoms with Gasteiger partial charge in [0.15, 0.2) is 0 Å². The normalized spacial score (nSPS) is 10.8. The lowest BCUT2D eigenvalue weighted by Gasteiger charge is -2.13. The molecule has 5 heteroatoms. The maximum atomic E-state index is 12.4. The molecule has 0 aliphatic rings. The molecule has 1 aromatic heterocycles. The highest BCUT2D eigenvalue weighted by Gasteiger charge is 2.11. The molecule has 0 aliphatic heterocycles. The summed E-state index contributed by atoms with van der Waals surface area (Å²) in [5.41, 5.74) is 4.79. The van der Waals surface area contributed by atoms with Gasteiger partial charge in [-0.1, -0.05) is 24.3 Å². The van der Waals surface area contributed by atoms with Crippen molar-refractivity contribution in [2.24, 2.45) is 0 Å². The summed E-state index contributed by atoms with van der Waals surface area (Å²) in [6.07, 6.45) is 0.223. The standard InChI is InChI=1S/C20H21N3O2/c1-13-7-6-9-16(14(13)2)22-19(24)11-12-23-18-10-5-4-8-17(18)21-15(3)20(23)25/h4-10H,11-12H2,1-3H3,(H,22,24). The second-order valence-corrected chi connectivity index (χ2v) is 6.19. The Hall–Kier alpha value is -2.95. The molecule has 1 heterocycles. The van der Waals surface area contributed by atoms with Crippen molar-refractivity contribution in [3.8, 4) is 0 Å². The molecule has 0 saturated carbocycles. The van der Waals surface area contributed by atoms with Crippen molar-refractivity contribution in [1.29, 1.82) is 0 Å². The molecule has 0 spiro atoms. The van der Waals surface area contributed by atoms with E-state index in [1.807, 2.05) is 56.3 Å². The number of nitrogens with zero attached hydrogens (tertiary/aromatic N) is 2. The molecular weight excluding hydrogens is 314 g/mol. The Labute approximate surface area is 146 Å². The van der Waals surface area contributed by atoms with Gasteiger partial charge in [-0.05, 0) is 50.1 Å². The number of benzene rings is 2. The van der Waals surface area contributed by atoms with E-state index in [-0.39, 0.29) is 17.9 Å². The molecule has 0 radical (unpaired) electrons. The van der Waals surface area contributed by atoms with Crippen LogP contribution in [-0.2, 0) is 11.3 Å². The minimum Gasteiger partial charge on any atom is -0.326 e. The molecule has 2 aromatic carbocycles. The number of hydrogen-bond acceptors (Lipinski definition) is 3. The topological polar surface area (TPSA) is 64.0 Å². The number of rotatable bonds is 4. The SMILES string of the molecule is Cc1cccc(NC(=O)CCn2c(=O)c(C)nc3ccccc32)c1C. The van der Waals surface area contributed by atoms with Gasteiger partial charge in [-0.3, -0.25) is 9.59 Å². The maximum absolute atomic E-state index is 12.4. The van der Waals surface area contributed by atoms with E-state index in [2.05, 4.69) is 10.3 Å². The second-order valence-electron chi connectivity index (χ2n) is 6.19. The van der Waals surface area contributed by atoms with Gasteiger partial charge in [0.2, 0.25) is 5.91 Å². The summed E-state index contributed by atoms with van der Waals surface area (Å²) >= 11 is 0. The van der Waals surface area contributed by atoms with Gasteiger partial charge in [0.25, 0.3) is 5.56 Å². The van der Waals surface area contributed by atoms with Gasteiger partial charge in [-0.25, -0.2) is 4.98 Å². The number of fused-ring (bicyclic) bond motifs is 1. The fourth-order valence-corrected chi connectivity index (χ4v) is 2.85. The fourth-order valence-electron chi connectivity index (χ4n) is 2.85. The maximum Gasteiger partial charge on any atom is 0.272 e. The minimum absolute atomic E-state index is 0.112. The number of aromatic nitrogens is 2. The molecular formula is C20H21N3O2. The Morgan fingerprint density at radius 1 is 1.08 bits per heavy atom. The van der Waals surface area contributed by atoms with E-state index in [9.17, 15) is 9.59 Å². The first-order chi connectivity index (χ1) is 12.0. The van der Waals surface area contributed by atoms with Crippen LogP contribution < -0.4 is 10.9 Å². The lowest BCUT2D eigenvalue weighted by Crippen LogP contribution is -2.26. The molecule has 3 rings (SSSR count). The van der Waals surface area contributed by atoms with E-state index in [0.29, 0.717) is 12.2 Å². The molecule has 1 N–H and O–H groups in total. The van der Waals surface area contributed by atoms with E-state index in [1.54, 1.807) is 11.5 Å². The van der Waals surface area contributed by atoms with Crippen LogP contribution in [0.1, 0.15) is 23.2 Å². The van der Waals surface area contributed by atoms with Crippen LogP contribution in [-0.4, -0.2) is 15.5 Å². The molecule has 1 amide bonds. The number of para-hydroxylation sites is 2. The molecule has 3 aromatic rings. The van der Waals surface area contributed by atoms with Crippen molar-refractivity contribution in [3.05, 3.63) is 69.6 Å². The van der Waals surface area contributed by atoms with E-state index in [4.69, 9.17) is 0 Å². The molecule has 5 nitrogen and oxygen atoms in total. The highest BCUT2D eigenvalue weighted by molar-refractivity contribution is 5.91. The first-order valence-corrected chi connectivity index (χ1v) is 8.29. The molecule has 0 aliphatic carbocycles. The third kappa shape index (κ3) is 3.45. The lowest BCUT2D eigenvalue weighted by molar-refractivity contribution is -0.116. The van der Waals surface area contributed by atoms with Crippen LogP contribution in [0.3, 0.4) is 0 Å². The average Bonchev–Trinajstić information content (AvgIpc) is 2.59. The van der Waals surface area contributed by atoms with Crippen LogP contribution >= 0.6 is 0 Å². The fraction of sp³-hybridized carbons (Fsp3) is 0.250. The van der Waals surface area contributed by atoms with Gasteiger partial charge < -0.3 is 9.88 Å². The Bertz CT molecular complexity index is 1010. The Kier molecular flexibility index (Phi) is 4.65. The zero-order valence-corrected chi connectivity index (χ0v) is 14.7. The van der Waals surface area contributed by atoms with Crippen LogP contribution in [0, 0.1) is 20.8 Å². The van der Waals surface area contributed by atoms with Crippen LogP contribution in [0.15, 0.2) is 47.3 Å². The Balaban J connectivity index is 1.81. The summed E-state index contributed by atoms with van der Waals surface area (Å²) in [6, 6.07) is 13.3. The minimum atomic E-state index is -0.154. The third-order valence-electron chi connectivity index (χ3n) is 4.46. The van der Waals surface area contributed by atoms with Gasteiger partial charge >= 0.3 is 0 Å². The monoisotopic (exact) mass is 335 g/mol. The predicted molar refractivity (Wildman–Crippen MR) is 99.9 cm³/mol. The lowest BCUT2D eigenvalue weighted by atomic mass is 10.1.